The summed E-state index contributed by atoms with van der Waals surface area (Å²) >= 11 is 5.86. The number of halogens is 3. The van der Waals surface area contributed by atoms with Crippen LogP contribution in [0.1, 0.15) is 0 Å². The molecule has 1 aromatic carbocycles. The molecule has 2 heterocycles. The zero-order chi connectivity index (χ0) is 12.4. The van der Waals surface area contributed by atoms with E-state index >= 15 is 0 Å². The van der Waals surface area contributed by atoms with Gasteiger partial charge in [-0.3, -0.25) is 0 Å². The fourth-order valence-corrected chi connectivity index (χ4v) is 2.14. The zero-order valence-electron chi connectivity index (χ0n) is 10.7. The lowest BCUT2D eigenvalue weighted by Gasteiger charge is -2.25. The summed E-state index contributed by atoms with van der Waals surface area (Å²) in [6.45, 7) is 3.80. The number of piperazine rings is 1. The van der Waals surface area contributed by atoms with E-state index in [2.05, 4.69) is 15.2 Å². The minimum atomic E-state index is 0. The van der Waals surface area contributed by atoms with E-state index in [1.54, 1.807) is 6.20 Å². The Labute approximate surface area is 135 Å². The summed E-state index contributed by atoms with van der Waals surface area (Å²) in [5.74, 6) is 0.778. The predicted molar refractivity (Wildman–Crippen MR) is 86.5 cm³/mol. The van der Waals surface area contributed by atoms with E-state index < -0.39 is 0 Å². The first-order chi connectivity index (χ1) is 8.83. The van der Waals surface area contributed by atoms with Gasteiger partial charge in [0.25, 0.3) is 6.01 Å². The molecule has 20 heavy (non-hydrogen) atoms. The van der Waals surface area contributed by atoms with Gasteiger partial charge >= 0.3 is 0 Å². The Kier molecular flexibility index (Phi) is 6.62. The van der Waals surface area contributed by atoms with Crippen LogP contribution in [-0.4, -0.2) is 31.2 Å². The van der Waals surface area contributed by atoms with E-state index in [1.807, 2.05) is 24.3 Å². The van der Waals surface area contributed by atoms with Crippen molar-refractivity contribution in [1.29, 1.82) is 0 Å². The van der Waals surface area contributed by atoms with E-state index in [0.717, 1.165) is 42.5 Å². The molecule has 1 fully saturated rings. The Balaban J connectivity index is 0.000001000. The molecule has 0 bridgehead atoms. The van der Waals surface area contributed by atoms with Gasteiger partial charge in [0.15, 0.2) is 5.76 Å². The number of hydrogen-bond acceptors (Lipinski definition) is 4. The molecule has 1 aliphatic rings. The molecule has 0 atom stereocenters. The van der Waals surface area contributed by atoms with Gasteiger partial charge in [-0.15, -0.1) is 24.8 Å². The molecule has 0 saturated carbocycles. The Hall–Kier alpha value is -0.940. The van der Waals surface area contributed by atoms with Gasteiger partial charge in [-0.05, 0) is 24.3 Å². The molecule has 7 heteroatoms. The lowest BCUT2D eigenvalue weighted by atomic mass is 10.2. The van der Waals surface area contributed by atoms with Crippen molar-refractivity contribution in [2.75, 3.05) is 31.1 Å². The summed E-state index contributed by atoms with van der Waals surface area (Å²) in [6.07, 6.45) is 1.76. The fourth-order valence-electron chi connectivity index (χ4n) is 2.01. The van der Waals surface area contributed by atoms with Gasteiger partial charge in [-0.25, -0.2) is 4.98 Å². The number of benzene rings is 1. The SMILES string of the molecule is Cl.Cl.Clc1ccc(-c2cnc(N3CCNCC3)o2)cc1. The lowest BCUT2D eigenvalue weighted by molar-refractivity contribution is 0.505. The number of nitrogens with one attached hydrogen (secondary N) is 1. The molecule has 3 rings (SSSR count). The maximum atomic E-state index is 5.86. The van der Waals surface area contributed by atoms with E-state index in [0.29, 0.717) is 6.01 Å². The lowest BCUT2D eigenvalue weighted by Crippen LogP contribution is -2.43. The largest absolute Gasteiger partial charge is 0.423 e. The fraction of sp³-hybridized carbons (Fsp3) is 0.308. The number of anilines is 1. The third-order valence-electron chi connectivity index (χ3n) is 3.01. The summed E-state index contributed by atoms with van der Waals surface area (Å²) < 4.78 is 5.79. The normalized spacial score (nSPS) is 14.3. The molecular formula is C13H16Cl3N3O. The van der Waals surface area contributed by atoms with Crippen LogP contribution in [0.15, 0.2) is 34.9 Å². The third-order valence-corrected chi connectivity index (χ3v) is 3.26. The highest BCUT2D eigenvalue weighted by Gasteiger charge is 2.16. The van der Waals surface area contributed by atoms with E-state index in [-0.39, 0.29) is 24.8 Å². The second-order valence-corrected chi connectivity index (χ2v) is 4.69. The first-order valence-corrected chi connectivity index (χ1v) is 6.38. The molecule has 0 unspecified atom stereocenters. The third kappa shape index (κ3) is 3.79. The average Bonchev–Trinajstić information content (AvgIpc) is 2.90. The van der Waals surface area contributed by atoms with Gasteiger partial charge in [-0.2, -0.15) is 0 Å². The van der Waals surface area contributed by atoms with Crippen LogP contribution in [-0.2, 0) is 0 Å². The minimum Gasteiger partial charge on any atom is -0.423 e. The molecule has 1 saturated heterocycles. The summed E-state index contributed by atoms with van der Waals surface area (Å²) in [6, 6.07) is 8.27. The number of hydrogen-bond donors (Lipinski definition) is 1. The second-order valence-electron chi connectivity index (χ2n) is 4.25. The van der Waals surface area contributed by atoms with Crippen molar-refractivity contribution in [1.82, 2.24) is 10.3 Å². The molecule has 2 aromatic rings. The van der Waals surface area contributed by atoms with Crippen LogP contribution in [0.25, 0.3) is 11.3 Å². The molecule has 4 nitrogen and oxygen atoms in total. The van der Waals surface area contributed by atoms with E-state index in [1.165, 1.54) is 0 Å². The highest BCUT2D eigenvalue weighted by molar-refractivity contribution is 6.30. The highest BCUT2D eigenvalue weighted by atomic mass is 35.5. The monoisotopic (exact) mass is 335 g/mol. The van der Waals surface area contributed by atoms with Gasteiger partial charge in [0, 0.05) is 36.8 Å². The van der Waals surface area contributed by atoms with Crippen molar-refractivity contribution in [2.45, 2.75) is 0 Å². The maximum absolute atomic E-state index is 5.86. The summed E-state index contributed by atoms with van der Waals surface area (Å²) in [5, 5.41) is 4.03. The molecule has 0 aliphatic carbocycles. The van der Waals surface area contributed by atoms with Gasteiger partial charge in [0.1, 0.15) is 0 Å². The van der Waals surface area contributed by atoms with Gasteiger partial charge in [0.2, 0.25) is 0 Å². The van der Waals surface area contributed by atoms with Crippen LogP contribution in [0, 0.1) is 0 Å². The summed E-state index contributed by atoms with van der Waals surface area (Å²) in [7, 11) is 0. The highest BCUT2D eigenvalue weighted by Crippen LogP contribution is 2.25. The van der Waals surface area contributed by atoms with Crippen molar-refractivity contribution in [3.8, 4) is 11.3 Å². The van der Waals surface area contributed by atoms with Gasteiger partial charge in [0.05, 0.1) is 6.20 Å². The topological polar surface area (TPSA) is 41.3 Å². The Bertz CT molecular complexity index is 524. The maximum Gasteiger partial charge on any atom is 0.297 e. The Morgan fingerprint density at radius 1 is 1.10 bits per heavy atom. The van der Waals surface area contributed by atoms with Crippen LogP contribution >= 0.6 is 36.4 Å². The number of nitrogens with zero attached hydrogens (tertiary/aromatic N) is 2. The standard InChI is InChI=1S/C13H14ClN3O.2ClH/c14-11-3-1-10(2-4-11)12-9-16-13(18-12)17-7-5-15-6-8-17;;/h1-4,9,15H,5-8H2;2*1H. The van der Waals surface area contributed by atoms with Crippen molar-refractivity contribution >= 4 is 42.4 Å². The molecular weight excluding hydrogens is 321 g/mol. The van der Waals surface area contributed by atoms with Gasteiger partial charge in [-0.1, -0.05) is 11.6 Å². The van der Waals surface area contributed by atoms with E-state index in [4.69, 9.17) is 16.0 Å². The second kappa shape index (κ2) is 7.74. The quantitative estimate of drug-likeness (QED) is 0.914. The van der Waals surface area contributed by atoms with Crippen molar-refractivity contribution in [2.24, 2.45) is 0 Å². The van der Waals surface area contributed by atoms with Crippen LogP contribution in [0.2, 0.25) is 5.02 Å². The van der Waals surface area contributed by atoms with E-state index in [9.17, 15) is 0 Å². The molecule has 0 radical (unpaired) electrons. The van der Waals surface area contributed by atoms with Gasteiger partial charge < -0.3 is 14.6 Å². The molecule has 0 amide bonds. The first-order valence-electron chi connectivity index (χ1n) is 6.00. The molecule has 1 aromatic heterocycles. The predicted octanol–water partition coefficient (Wildman–Crippen LogP) is 3.25. The minimum absolute atomic E-state index is 0. The summed E-state index contributed by atoms with van der Waals surface area (Å²) in [4.78, 5) is 6.49. The Morgan fingerprint density at radius 2 is 1.75 bits per heavy atom. The zero-order valence-corrected chi connectivity index (χ0v) is 13.1. The number of aromatic nitrogens is 1. The summed E-state index contributed by atoms with van der Waals surface area (Å²) in [5.41, 5.74) is 0.994. The Morgan fingerprint density at radius 3 is 2.40 bits per heavy atom. The number of rotatable bonds is 2. The van der Waals surface area contributed by atoms with Crippen LogP contribution in [0.5, 0.6) is 0 Å². The molecule has 1 aliphatic heterocycles. The smallest absolute Gasteiger partial charge is 0.297 e. The number of oxazole rings is 1. The average molecular weight is 337 g/mol. The molecule has 110 valence electrons. The van der Waals surface area contributed by atoms with Crippen molar-refractivity contribution in [3.05, 3.63) is 35.5 Å². The van der Waals surface area contributed by atoms with Crippen molar-refractivity contribution in [3.63, 3.8) is 0 Å². The van der Waals surface area contributed by atoms with Crippen molar-refractivity contribution < 1.29 is 4.42 Å². The molecule has 0 spiro atoms. The molecule has 1 N–H and O–H groups in total. The van der Waals surface area contributed by atoms with Crippen LogP contribution < -0.4 is 10.2 Å². The van der Waals surface area contributed by atoms with Crippen LogP contribution in [0.3, 0.4) is 0 Å². The first kappa shape index (κ1) is 17.1. The van der Waals surface area contributed by atoms with Crippen LogP contribution in [0.4, 0.5) is 6.01 Å².